The number of hydrogen-bond acceptors (Lipinski definition) is 5. The number of hydrogen-bond donors (Lipinski definition) is 0. The molecule has 0 aromatic heterocycles. The highest BCUT2D eigenvalue weighted by Crippen LogP contribution is 2.18. The van der Waals surface area contributed by atoms with Gasteiger partial charge in [-0.05, 0) is 25.8 Å². The van der Waals surface area contributed by atoms with E-state index < -0.39 is 0 Å². The lowest BCUT2D eigenvalue weighted by atomic mass is 9.98. The second kappa shape index (κ2) is 6.14. The Labute approximate surface area is 112 Å². The van der Waals surface area contributed by atoms with Crippen LogP contribution in [0.4, 0.5) is 0 Å². The van der Waals surface area contributed by atoms with Crippen molar-refractivity contribution in [2.45, 2.75) is 25.7 Å². The highest BCUT2D eigenvalue weighted by Gasteiger charge is 2.31. The van der Waals surface area contributed by atoms with Crippen LogP contribution >= 0.6 is 0 Å². The number of carbonyl (C=O) groups excluding carboxylic acids is 3. The highest BCUT2D eigenvalue weighted by atomic mass is 16.5. The molecule has 2 aliphatic heterocycles. The molecule has 0 bridgehead atoms. The first-order valence-corrected chi connectivity index (χ1v) is 6.75. The van der Waals surface area contributed by atoms with E-state index in [9.17, 15) is 14.4 Å². The lowest BCUT2D eigenvalue weighted by Gasteiger charge is -2.31. The lowest BCUT2D eigenvalue weighted by molar-refractivity contribution is -0.149. The molecule has 0 aliphatic carbocycles. The predicted molar refractivity (Wildman–Crippen MR) is 67.1 cm³/mol. The van der Waals surface area contributed by atoms with Gasteiger partial charge in [0.05, 0.1) is 19.6 Å². The smallest absolute Gasteiger partial charge is 0.309 e. The number of carbonyl (C=O) groups is 3. The van der Waals surface area contributed by atoms with E-state index in [1.165, 1.54) is 12.0 Å². The molecule has 2 fully saturated rings. The number of nitrogens with zero attached hydrogens (tertiary/aromatic N) is 2. The van der Waals surface area contributed by atoms with Crippen molar-refractivity contribution in [1.29, 1.82) is 0 Å². The molecule has 2 rings (SSSR count). The zero-order chi connectivity index (χ0) is 13.8. The largest absolute Gasteiger partial charge is 0.469 e. The van der Waals surface area contributed by atoms with E-state index in [0.29, 0.717) is 19.5 Å². The number of piperidine rings is 1. The third-order valence-corrected chi connectivity index (χ3v) is 3.77. The van der Waals surface area contributed by atoms with Gasteiger partial charge in [0.1, 0.15) is 0 Å². The fraction of sp³-hybridized carbons (Fsp3) is 0.769. The highest BCUT2D eigenvalue weighted by molar-refractivity contribution is 5.97. The summed E-state index contributed by atoms with van der Waals surface area (Å²) in [6.07, 6.45) is 2.91. The molecule has 0 aromatic rings. The van der Waals surface area contributed by atoms with Gasteiger partial charge in [0.15, 0.2) is 0 Å². The van der Waals surface area contributed by atoms with Crippen molar-refractivity contribution in [2.24, 2.45) is 5.92 Å². The van der Waals surface area contributed by atoms with Gasteiger partial charge in [-0.3, -0.25) is 24.2 Å². The summed E-state index contributed by atoms with van der Waals surface area (Å²) < 4.78 is 4.74. The van der Waals surface area contributed by atoms with Crippen LogP contribution in [0.25, 0.3) is 0 Å². The molecule has 0 spiro atoms. The Morgan fingerprint density at radius 2 is 2.11 bits per heavy atom. The Hall–Kier alpha value is -1.43. The minimum absolute atomic E-state index is 0.0773. The van der Waals surface area contributed by atoms with Crippen LogP contribution in [0.15, 0.2) is 0 Å². The van der Waals surface area contributed by atoms with Gasteiger partial charge in [-0.2, -0.15) is 0 Å². The number of amides is 2. The van der Waals surface area contributed by atoms with E-state index >= 15 is 0 Å². The molecule has 19 heavy (non-hydrogen) atoms. The minimum Gasteiger partial charge on any atom is -0.469 e. The number of esters is 1. The van der Waals surface area contributed by atoms with E-state index in [-0.39, 0.29) is 30.2 Å². The first-order valence-electron chi connectivity index (χ1n) is 6.75. The summed E-state index contributed by atoms with van der Waals surface area (Å²) in [6.45, 7) is 2.09. The fourth-order valence-electron chi connectivity index (χ4n) is 2.75. The molecule has 1 atom stereocenters. The molecule has 6 heteroatoms. The Bertz CT molecular complexity index is 383. The van der Waals surface area contributed by atoms with E-state index in [1.807, 2.05) is 4.90 Å². The molecule has 2 heterocycles. The molecule has 106 valence electrons. The van der Waals surface area contributed by atoms with E-state index in [0.717, 1.165) is 25.8 Å². The van der Waals surface area contributed by atoms with E-state index in [1.54, 1.807) is 0 Å². The second-order valence-corrected chi connectivity index (χ2v) is 5.14. The molecule has 0 saturated carbocycles. The number of imide groups is 1. The Kier molecular flexibility index (Phi) is 4.52. The Morgan fingerprint density at radius 1 is 1.32 bits per heavy atom. The summed E-state index contributed by atoms with van der Waals surface area (Å²) in [5, 5.41) is 0. The zero-order valence-electron chi connectivity index (χ0n) is 11.3. The summed E-state index contributed by atoms with van der Waals surface area (Å²) >= 11 is 0. The average Bonchev–Trinajstić information content (AvgIpc) is 2.84. The quantitative estimate of drug-likeness (QED) is 0.675. The van der Waals surface area contributed by atoms with Gasteiger partial charge in [-0.1, -0.05) is 0 Å². The lowest BCUT2D eigenvalue weighted by Crippen LogP contribution is -2.46. The first kappa shape index (κ1) is 14.0. The summed E-state index contributed by atoms with van der Waals surface area (Å²) in [5.74, 6) is -0.588. The average molecular weight is 268 g/mol. The Morgan fingerprint density at radius 3 is 2.74 bits per heavy atom. The predicted octanol–water partition coefficient (Wildman–Crippen LogP) is 0.0204. The zero-order valence-corrected chi connectivity index (χ0v) is 11.3. The maximum absolute atomic E-state index is 12.0. The SMILES string of the molecule is COC(=O)[C@H]1CCCN(CC(=O)N2CCCC2=O)C1. The first-order chi connectivity index (χ1) is 9.11. The van der Waals surface area contributed by atoms with Gasteiger partial charge in [0.25, 0.3) is 0 Å². The monoisotopic (exact) mass is 268 g/mol. The van der Waals surface area contributed by atoms with Crippen molar-refractivity contribution in [2.75, 3.05) is 33.3 Å². The maximum atomic E-state index is 12.0. The standard InChI is InChI=1S/C13H20N2O4/c1-19-13(18)10-4-2-6-14(8-10)9-12(17)15-7-3-5-11(15)16/h10H,2-9H2,1H3/t10-/m0/s1. The van der Waals surface area contributed by atoms with Gasteiger partial charge < -0.3 is 4.74 Å². The molecule has 0 radical (unpaired) electrons. The molecule has 0 aromatic carbocycles. The van der Waals surface area contributed by atoms with Gasteiger partial charge in [-0.15, -0.1) is 0 Å². The summed E-state index contributed by atoms with van der Waals surface area (Å²) in [6, 6.07) is 0. The molecule has 2 saturated heterocycles. The van der Waals surface area contributed by atoms with Crippen LogP contribution < -0.4 is 0 Å². The summed E-state index contributed by atoms with van der Waals surface area (Å²) in [7, 11) is 1.38. The molecule has 0 N–H and O–H groups in total. The van der Waals surface area contributed by atoms with Crippen molar-refractivity contribution in [1.82, 2.24) is 9.80 Å². The van der Waals surface area contributed by atoms with Crippen molar-refractivity contribution >= 4 is 17.8 Å². The number of rotatable bonds is 3. The fourth-order valence-corrected chi connectivity index (χ4v) is 2.75. The Balaban J connectivity index is 1.86. The van der Waals surface area contributed by atoms with Crippen LogP contribution in [0.5, 0.6) is 0 Å². The van der Waals surface area contributed by atoms with Crippen LogP contribution in [0.3, 0.4) is 0 Å². The van der Waals surface area contributed by atoms with Crippen molar-refractivity contribution < 1.29 is 19.1 Å². The third kappa shape index (κ3) is 3.32. The van der Waals surface area contributed by atoms with Gasteiger partial charge in [0, 0.05) is 19.5 Å². The van der Waals surface area contributed by atoms with Crippen LogP contribution in [0.1, 0.15) is 25.7 Å². The molecular formula is C13H20N2O4. The topological polar surface area (TPSA) is 66.9 Å². The van der Waals surface area contributed by atoms with Crippen LogP contribution in [-0.2, 0) is 19.1 Å². The molecular weight excluding hydrogens is 248 g/mol. The molecule has 2 amide bonds. The number of ether oxygens (including phenoxy) is 1. The maximum Gasteiger partial charge on any atom is 0.309 e. The van der Waals surface area contributed by atoms with Crippen LogP contribution in [0.2, 0.25) is 0 Å². The summed E-state index contributed by atoms with van der Waals surface area (Å²) in [4.78, 5) is 38.3. The molecule has 2 aliphatic rings. The normalized spacial score (nSPS) is 24.6. The summed E-state index contributed by atoms with van der Waals surface area (Å²) in [5.41, 5.74) is 0. The molecule has 0 unspecified atom stereocenters. The number of methoxy groups -OCH3 is 1. The van der Waals surface area contributed by atoms with Gasteiger partial charge >= 0.3 is 5.97 Å². The van der Waals surface area contributed by atoms with Crippen molar-refractivity contribution in [3.8, 4) is 0 Å². The van der Waals surface area contributed by atoms with Gasteiger partial charge in [0.2, 0.25) is 11.8 Å². The third-order valence-electron chi connectivity index (χ3n) is 3.77. The number of likely N-dealkylation sites (tertiary alicyclic amines) is 2. The van der Waals surface area contributed by atoms with Crippen molar-refractivity contribution in [3.05, 3.63) is 0 Å². The van der Waals surface area contributed by atoms with Crippen molar-refractivity contribution in [3.63, 3.8) is 0 Å². The minimum atomic E-state index is -0.214. The van der Waals surface area contributed by atoms with E-state index in [2.05, 4.69) is 0 Å². The molecule has 6 nitrogen and oxygen atoms in total. The van der Waals surface area contributed by atoms with Crippen LogP contribution in [0, 0.1) is 5.92 Å². The second-order valence-electron chi connectivity index (χ2n) is 5.14. The van der Waals surface area contributed by atoms with Crippen LogP contribution in [-0.4, -0.2) is 60.9 Å². The van der Waals surface area contributed by atoms with E-state index in [4.69, 9.17) is 4.74 Å². The van der Waals surface area contributed by atoms with Gasteiger partial charge in [-0.25, -0.2) is 0 Å².